The van der Waals surface area contributed by atoms with E-state index in [0.29, 0.717) is 25.2 Å². The summed E-state index contributed by atoms with van der Waals surface area (Å²) in [5.41, 5.74) is 0. The number of carboxylic acid groups (broad SMARTS) is 2. The van der Waals surface area contributed by atoms with Crippen molar-refractivity contribution in [2.75, 3.05) is 0 Å². The van der Waals surface area contributed by atoms with Crippen molar-refractivity contribution in [1.29, 1.82) is 0 Å². The molecular weight excluding hydrogens is 454 g/mol. The van der Waals surface area contributed by atoms with E-state index in [4.69, 9.17) is 0 Å². The van der Waals surface area contributed by atoms with E-state index in [9.17, 15) is 32.8 Å². The van der Waals surface area contributed by atoms with E-state index in [-0.39, 0.29) is 71.5 Å². The smallest absolute Gasteiger partial charge is 0.550 e. The molecule has 0 bridgehead atoms. The second-order valence-corrected chi connectivity index (χ2v) is 10.4. The van der Waals surface area contributed by atoms with E-state index in [1.807, 2.05) is 27.7 Å². The molecule has 4 atom stereocenters. The van der Waals surface area contributed by atoms with E-state index in [1.54, 1.807) is 0 Å². The molecule has 0 amide bonds. The fourth-order valence-electron chi connectivity index (χ4n) is 4.74. The van der Waals surface area contributed by atoms with E-state index in [1.165, 1.54) is 13.8 Å². The molecular formula is C22H40Na2O7S. The number of rotatable bonds is 16. The summed E-state index contributed by atoms with van der Waals surface area (Å²) in [6.07, 6.45) is 5.06. The van der Waals surface area contributed by atoms with Crippen LogP contribution in [0.1, 0.15) is 92.9 Å². The van der Waals surface area contributed by atoms with Gasteiger partial charge in [-0.15, -0.1) is 0 Å². The third-order valence-electron chi connectivity index (χ3n) is 7.11. The molecule has 0 fully saturated rings. The summed E-state index contributed by atoms with van der Waals surface area (Å²) >= 11 is 0. The monoisotopic (exact) mass is 494 g/mol. The number of carboxylic acids is 2. The van der Waals surface area contributed by atoms with Gasteiger partial charge >= 0.3 is 59.1 Å². The third kappa shape index (κ3) is 9.48. The predicted molar refractivity (Wildman–Crippen MR) is 113 cm³/mol. The molecule has 0 aromatic rings. The van der Waals surface area contributed by atoms with Crippen LogP contribution in [0, 0.1) is 29.6 Å². The molecule has 10 heteroatoms. The van der Waals surface area contributed by atoms with Crippen LogP contribution in [0.5, 0.6) is 0 Å². The Balaban J connectivity index is -0.00000420. The Morgan fingerprint density at radius 3 is 1.47 bits per heavy atom. The van der Waals surface area contributed by atoms with Gasteiger partial charge < -0.3 is 19.8 Å². The maximum Gasteiger partial charge on any atom is 1.00 e. The van der Waals surface area contributed by atoms with Gasteiger partial charge in [0.2, 0.25) is 0 Å². The maximum absolute atomic E-state index is 12.5. The van der Waals surface area contributed by atoms with Gasteiger partial charge in [-0.05, 0) is 36.5 Å². The molecule has 7 nitrogen and oxygen atoms in total. The van der Waals surface area contributed by atoms with Crippen LogP contribution in [-0.4, -0.2) is 29.7 Å². The van der Waals surface area contributed by atoms with Gasteiger partial charge in [0.05, 0.1) is 5.97 Å². The van der Waals surface area contributed by atoms with Gasteiger partial charge in [-0.2, -0.15) is 8.42 Å². The second-order valence-electron chi connectivity index (χ2n) is 8.75. The van der Waals surface area contributed by atoms with Crippen molar-refractivity contribution in [3.8, 4) is 0 Å². The molecule has 0 rings (SSSR count). The zero-order valence-corrected chi connectivity index (χ0v) is 26.2. The van der Waals surface area contributed by atoms with Crippen LogP contribution in [0.3, 0.4) is 0 Å². The Bertz CT molecular complexity index is 649. The van der Waals surface area contributed by atoms with E-state index in [2.05, 4.69) is 0 Å². The van der Waals surface area contributed by atoms with Crippen molar-refractivity contribution in [1.82, 2.24) is 0 Å². The standard InChI is InChI=1S/C22H42O7S.2Na/c1-7-17(8-2)13-11-15(5)19(20(23)24)22(21(25)26,30(27,28)29)16(6)12-14-18(9-3)10-4;;/h15-19H,7-14H2,1-6H3,(H,23,24)(H,25,26)(H,27,28,29);;/q;2*+1/p-2. The molecule has 0 spiro atoms. The molecule has 0 saturated carbocycles. The fraction of sp³-hybridized carbons (Fsp3) is 0.909. The first-order valence-electron chi connectivity index (χ1n) is 11.2. The zero-order chi connectivity index (χ0) is 23.7. The summed E-state index contributed by atoms with van der Waals surface area (Å²) in [5, 5.41) is 24.4. The number of carbonyl (C=O) groups is 2. The van der Waals surface area contributed by atoms with Crippen LogP contribution in [0.4, 0.5) is 0 Å². The van der Waals surface area contributed by atoms with Gasteiger partial charge in [0.1, 0.15) is 4.75 Å². The van der Waals surface area contributed by atoms with Crippen molar-refractivity contribution in [3.05, 3.63) is 0 Å². The second kappa shape index (κ2) is 17.3. The van der Waals surface area contributed by atoms with Gasteiger partial charge in [-0.25, -0.2) is 0 Å². The Labute approximate surface area is 239 Å². The first-order valence-corrected chi connectivity index (χ1v) is 12.7. The Morgan fingerprint density at radius 1 is 0.812 bits per heavy atom. The largest absolute Gasteiger partial charge is 1.00 e. The Morgan fingerprint density at radius 2 is 1.19 bits per heavy atom. The molecule has 0 aromatic carbocycles. The first kappa shape index (κ1) is 37.4. The van der Waals surface area contributed by atoms with Crippen LogP contribution in [-0.2, 0) is 19.7 Å². The van der Waals surface area contributed by atoms with Gasteiger partial charge in [0.25, 0.3) is 10.1 Å². The number of aliphatic carboxylic acids is 2. The molecule has 178 valence electrons. The summed E-state index contributed by atoms with van der Waals surface area (Å²) in [4.78, 5) is 24.4. The van der Waals surface area contributed by atoms with Crippen molar-refractivity contribution in [2.24, 2.45) is 29.6 Å². The van der Waals surface area contributed by atoms with E-state index < -0.39 is 44.6 Å². The van der Waals surface area contributed by atoms with Crippen LogP contribution in [0.15, 0.2) is 0 Å². The molecule has 1 N–H and O–H groups in total. The average Bonchev–Trinajstić information content (AvgIpc) is 2.65. The van der Waals surface area contributed by atoms with Crippen molar-refractivity contribution < 1.29 is 91.9 Å². The number of carbonyl (C=O) groups excluding carboxylic acids is 2. The Kier molecular flexibility index (Phi) is 20.2. The predicted octanol–water partition coefficient (Wildman–Crippen LogP) is -3.56. The van der Waals surface area contributed by atoms with E-state index in [0.717, 1.165) is 25.7 Å². The minimum atomic E-state index is -5.31. The molecule has 4 unspecified atom stereocenters. The van der Waals surface area contributed by atoms with Gasteiger partial charge in [-0.3, -0.25) is 4.55 Å². The minimum Gasteiger partial charge on any atom is -0.550 e. The van der Waals surface area contributed by atoms with Crippen molar-refractivity contribution >= 4 is 22.1 Å². The van der Waals surface area contributed by atoms with Gasteiger partial charge in [-0.1, -0.05) is 80.1 Å². The summed E-state index contributed by atoms with van der Waals surface area (Å²) < 4.78 is 32.0. The van der Waals surface area contributed by atoms with Crippen LogP contribution >= 0.6 is 0 Å². The normalized spacial score (nSPS) is 16.4. The molecule has 0 aliphatic carbocycles. The van der Waals surface area contributed by atoms with Gasteiger partial charge in [0, 0.05) is 11.9 Å². The quantitative estimate of drug-likeness (QED) is 0.173. The van der Waals surface area contributed by atoms with Crippen molar-refractivity contribution in [2.45, 2.75) is 97.7 Å². The molecule has 32 heavy (non-hydrogen) atoms. The zero-order valence-electron chi connectivity index (χ0n) is 21.3. The third-order valence-corrected chi connectivity index (χ3v) is 8.79. The number of hydrogen-bond donors (Lipinski definition) is 1. The fourth-order valence-corrected chi connectivity index (χ4v) is 6.23. The summed E-state index contributed by atoms with van der Waals surface area (Å²) in [7, 11) is -5.31. The average molecular weight is 495 g/mol. The van der Waals surface area contributed by atoms with Gasteiger partial charge in [0.15, 0.2) is 0 Å². The molecule has 0 saturated heterocycles. The molecule has 0 radical (unpaired) electrons. The molecule has 0 heterocycles. The maximum atomic E-state index is 12.5. The minimum absolute atomic E-state index is 0. The molecule has 0 aromatic heterocycles. The molecule has 0 aliphatic rings. The van der Waals surface area contributed by atoms with E-state index >= 15 is 0 Å². The Hall–Kier alpha value is 0.850. The van der Waals surface area contributed by atoms with Crippen molar-refractivity contribution in [3.63, 3.8) is 0 Å². The summed E-state index contributed by atoms with van der Waals surface area (Å²) in [6, 6.07) is 0. The van der Waals surface area contributed by atoms with Crippen LogP contribution < -0.4 is 69.3 Å². The topological polar surface area (TPSA) is 135 Å². The van der Waals surface area contributed by atoms with Crippen LogP contribution in [0.25, 0.3) is 0 Å². The summed E-state index contributed by atoms with van der Waals surface area (Å²) in [6.45, 7) is 10.9. The van der Waals surface area contributed by atoms with Crippen LogP contribution in [0.2, 0.25) is 0 Å². The first-order chi connectivity index (χ1) is 13.8. The number of hydrogen-bond acceptors (Lipinski definition) is 6. The molecule has 0 aliphatic heterocycles. The SMILES string of the molecule is CCC(CC)CCC(C)C(C(=O)[O-])C(C(=O)[O-])(C(C)CCC(CC)CC)S(=O)(=O)O.[Na+].[Na+]. The summed E-state index contributed by atoms with van der Waals surface area (Å²) in [5.74, 6) is -7.19.